The number of nitrogens with zero attached hydrogens (tertiary/aromatic N) is 3. The van der Waals surface area contributed by atoms with Crippen LogP contribution in [0.25, 0.3) is 11.0 Å². The second-order valence-corrected chi connectivity index (χ2v) is 5.64. The molecule has 0 atom stereocenters. The number of thioether (sulfide) groups is 1. The van der Waals surface area contributed by atoms with Gasteiger partial charge in [0.15, 0.2) is 10.3 Å². The predicted molar refractivity (Wildman–Crippen MR) is 83.9 cm³/mol. The molecule has 1 N–H and O–H groups in total. The number of ether oxygens (including phenoxy) is 1. The molecule has 0 radical (unpaired) electrons. The lowest BCUT2D eigenvalue weighted by molar-refractivity contribution is 0.340. The molecule has 2 heterocycles. The molecule has 108 valence electrons. The maximum atomic E-state index is 5.71. The Bertz CT molecular complexity index is 744. The van der Waals surface area contributed by atoms with Crippen LogP contribution in [0.1, 0.15) is 12.6 Å². The fourth-order valence-corrected chi connectivity index (χ4v) is 2.74. The first-order valence-electron chi connectivity index (χ1n) is 6.48. The summed E-state index contributed by atoms with van der Waals surface area (Å²) in [5, 5.41) is 9.08. The van der Waals surface area contributed by atoms with E-state index in [4.69, 9.17) is 16.3 Å². The Morgan fingerprint density at radius 2 is 2.14 bits per heavy atom. The average molecular weight is 321 g/mol. The molecule has 3 rings (SSSR count). The monoisotopic (exact) mass is 320 g/mol. The zero-order chi connectivity index (χ0) is 14.7. The summed E-state index contributed by atoms with van der Waals surface area (Å²) in [6.45, 7) is 2.61. The summed E-state index contributed by atoms with van der Waals surface area (Å²) in [4.78, 5) is 7.80. The predicted octanol–water partition coefficient (Wildman–Crippen LogP) is 3.70. The fourth-order valence-electron chi connectivity index (χ4n) is 1.85. The van der Waals surface area contributed by atoms with Crippen LogP contribution in [0.3, 0.4) is 0 Å². The first-order chi connectivity index (χ1) is 10.2. The summed E-state index contributed by atoms with van der Waals surface area (Å²) in [5.74, 6) is 1.52. The van der Waals surface area contributed by atoms with Crippen molar-refractivity contribution in [2.45, 2.75) is 17.8 Å². The second kappa shape index (κ2) is 6.32. The number of H-pyrrole nitrogens is 1. The Morgan fingerprint density at radius 3 is 2.90 bits per heavy atom. The normalized spacial score (nSPS) is 11.0. The quantitative estimate of drug-likeness (QED) is 0.726. The molecule has 3 aromatic rings. The number of imidazole rings is 1. The van der Waals surface area contributed by atoms with Crippen molar-refractivity contribution in [3.05, 3.63) is 41.2 Å². The van der Waals surface area contributed by atoms with E-state index < -0.39 is 0 Å². The molecule has 0 spiro atoms. The summed E-state index contributed by atoms with van der Waals surface area (Å²) in [6.07, 6.45) is 0. The maximum absolute atomic E-state index is 5.71. The standard InChI is InChI=1S/C14H13ClN4OS/c1-2-20-10-4-5-11-12(7-10)17-14(16-11)21-8-9-3-6-13(15)19-18-9/h3-7H,2,8H2,1H3,(H,16,17). The molecule has 0 unspecified atom stereocenters. The molecule has 0 amide bonds. The van der Waals surface area contributed by atoms with Gasteiger partial charge in [0, 0.05) is 11.8 Å². The Kier molecular flexibility index (Phi) is 4.26. The average Bonchev–Trinajstić information content (AvgIpc) is 2.89. The van der Waals surface area contributed by atoms with E-state index >= 15 is 0 Å². The van der Waals surface area contributed by atoms with Crippen LogP contribution < -0.4 is 4.74 Å². The summed E-state index contributed by atoms with van der Waals surface area (Å²) in [6, 6.07) is 9.42. The van der Waals surface area contributed by atoms with Crippen LogP contribution in [0.5, 0.6) is 5.75 Å². The number of rotatable bonds is 5. The molecule has 21 heavy (non-hydrogen) atoms. The molecule has 0 fully saturated rings. The highest BCUT2D eigenvalue weighted by Gasteiger charge is 2.06. The molecule has 0 aliphatic carbocycles. The van der Waals surface area contributed by atoms with Gasteiger partial charge in [0.1, 0.15) is 5.75 Å². The lowest BCUT2D eigenvalue weighted by Crippen LogP contribution is -1.90. The van der Waals surface area contributed by atoms with Crippen LogP contribution >= 0.6 is 23.4 Å². The van der Waals surface area contributed by atoms with E-state index in [2.05, 4.69) is 20.2 Å². The van der Waals surface area contributed by atoms with Crippen LogP contribution in [0, 0.1) is 0 Å². The zero-order valence-electron chi connectivity index (χ0n) is 11.3. The van der Waals surface area contributed by atoms with E-state index in [1.807, 2.05) is 31.2 Å². The van der Waals surface area contributed by atoms with Gasteiger partial charge >= 0.3 is 0 Å². The minimum atomic E-state index is 0.399. The third kappa shape index (κ3) is 3.46. The molecule has 0 saturated heterocycles. The smallest absolute Gasteiger partial charge is 0.166 e. The summed E-state index contributed by atoms with van der Waals surface area (Å²) in [7, 11) is 0. The molecular weight excluding hydrogens is 308 g/mol. The van der Waals surface area contributed by atoms with Crippen molar-refractivity contribution >= 4 is 34.4 Å². The molecule has 1 aromatic carbocycles. The lowest BCUT2D eigenvalue weighted by Gasteiger charge is -2.00. The van der Waals surface area contributed by atoms with Crippen molar-refractivity contribution in [3.63, 3.8) is 0 Å². The molecule has 5 nitrogen and oxygen atoms in total. The molecule has 0 aliphatic heterocycles. The largest absolute Gasteiger partial charge is 0.494 e. The van der Waals surface area contributed by atoms with Gasteiger partial charge in [-0.2, -0.15) is 5.10 Å². The Morgan fingerprint density at radius 1 is 1.24 bits per heavy atom. The number of hydrogen-bond donors (Lipinski definition) is 1. The van der Waals surface area contributed by atoms with Crippen molar-refractivity contribution < 1.29 is 4.74 Å². The Hall–Kier alpha value is -1.79. The van der Waals surface area contributed by atoms with Gasteiger partial charge in [0.05, 0.1) is 23.3 Å². The van der Waals surface area contributed by atoms with Gasteiger partial charge in [0.2, 0.25) is 0 Å². The lowest BCUT2D eigenvalue weighted by atomic mass is 10.3. The number of halogens is 1. The highest BCUT2D eigenvalue weighted by Crippen LogP contribution is 2.25. The first-order valence-corrected chi connectivity index (χ1v) is 7.84. The third-order valence-electron chi connectivity index (χ3n) is 2.79. The third-order valence-corrected chi connectivity index (χ3v) is 3.90. The molecular formula is C14H13ClN4OS. The van der Waals surface area contributed by atoms with E-state index in [0.717, 1.165) is 27.6 Å². The van der Waals surface area contributed by atoms with Crippen molar-refractivity contribution in [1.82, 2.24) is 20.2 Å². The minimum Gasteiger partial charge on any atom is -0.494 e. The maximum Gasteiger partial charge on any atom is 0.166 e. The van der Waals surface area contributed by atoms with Crippen molar-refractivity contribution in [1.29, 1.82) is 0 Å². The van der Waals surface area contributed by atoms with E-state index in [1.165, 1.54) is 0 Å². The van der Waals surface area contributed by atoms with Crippen molar-refractivity contribution in [2.24, 2.45) is 0 Å². The highest BCUT2D eigenvalue weighted by atomic mass is 35.5. The Balaban J connectivity index is 1.73. The first kappa shape index (κ1) is 14.2. The van der Waals surface area contributed by atoms with Gasteiger partial charge in [-0.15, -0.1) is 5.10 Å². The van der Waals surface area contributed by atoms with Crippen LogP contribution in [-0.2, 0) is 5.75 Å². The Labute approximate surface area is 131 Å². The number of aromatic amines is 1. The van der Waals surface area contributed by atoms with E-state index in [9.17, 15) is 0 Å². The fraction of sp³-hybridized carbons (Fsp3) is 0.214. The molecule has 7 heteroatoms. The zero-order valence-corrected chi connectivity index (χ0v) is 12.9. The molecule has 0 bridgehead atoms. The van der Waals surface area contributed by atoms with Crippen LogP contribution in [0.15, 0.2) is 35.5 Å². The van der Waals surface area contributed by atoms with Gasteiger partial charge in [-0.05, 0) is 31.2 Å². The van der Waals surface area contributed by atoms with Gasteiger partial charge in [0.25, 0.3) is 0 Å². The van der Waals surface area contributed by atoms with Gasteiger partial charge < -0.3 is 9.72 Å². The van der Waals surface area contributed by atoms with Crippen LogP contribution in [0.2, 0.25) is 5.15 Å². The van der Waals surface area contributed by atoms with Crippen LogP contribution in [-0.4, -0.2) is 26.8 Å². The van der Waals surface area contributed by atoms with Gasteiger partial charge in [-0.1, -0.05) is 23.4 Å². The van der Waals surface area contributed by atoms with Crippen molar-refractivity contribution in [2.75, 3.05) is 6.61 Å². The summed E-state index contributed by atoms with van der Waals surface area (Å²) < 4.78 is 5.48. The van der Waals surface area contributed by atoms with E-state index in [1.54, 1.807) is 17.8 Å². The number of nitrogens with one attached hydrogen (secondary N) is 1. The summed E-state index contributed by atoms with van der Waals surface area (Å²) >= 11 is 7.28. The van der Waals surface area contributed by atoms with E-state index in [0.29, 0.717) is 17.5 Å². The number of fused-ring (bicyclic) bond motifs is 1. The van der Waals surface area contributed by atoms with Crippen molar-refractivity contribution in [3.8, 4) is 5.75 Å². The number of hydrogen-bond acceptors (Lipinski definition) is 5. The molecule has 2 aromatic heterocycles. The number of benzene rings is 1. The van der Waals surface area contributed by atoms with Crippen LogP contribution in [0.4, 0.5) is 0 Å². The highest BCUT2D eigenvalue weighted by molar-refractivity contribution is 7.98. The molecule has 0 aliphatic rings. The van der Waals surface area contributed by atoms with Gasteiger partial charge in [-0.25, -0.2) is 4.98 Å². The second-order valence-electron chi connectivity index (χ2n) is 4.29. The SMILES string of the molecule is CCOc1ccc2nc(SCc3ccc(Cl)nn3)[nH]c2c1. The van der Waals surface area contributed by atoms with Gasteiger partial charge in [-0.3, -0.25) is 0 Å². The van der Waals surface area contributed by atoms with E-state index in [-0.39, 0.29) is 0 Å². The number of aromatic nitrogens is 4. The molecule has 0 saturated carbocycles. The summed E-state index contributed by atoms with van der Waals surface area (Å²) in [5.41, 5.74) is 2.74. The minimum absolute atomic E-state index is 0.399. The topological polar surface area (TPSA) is 63.7 Å².